The van der Waals surface area contributed by atoms with Gasteiger partial charge in [-0.15, -0.1) is 0 Å². The maximum absolute atomic E-state index is 12.8. The average Bonchev–Trinajstić information content (AvgIpc) is 2.53. The first-order valence-electron chi connectivity index (χ1n) is 7.64. The minimum atomic E-state index is -3.71. The van der Waals surface area contributed by atoms with Crippen molar-refractivity contribution in [1.82, 2.24) is 0 Å². The van der Waals surface area contributed by atoms with Crippen LogP contribution in [0.5, 0.6) is 11.5 Å². The Hall–Kier alpha value is -2.21. The van der Waals surface area contributed by atoms with Crippen molar-refractivity contribution < 1.29 is 17.9 Å². The van der Waals surface area contributed by atoms with Gasteiger partial charge in [0.15, 0.2) is 0 Å². The summed E-state index contributed by atoms with van der Waals surface area (Å²) in [5.74, 6) is 1.43. The molecular formula is C18H23NO4S. The predicted octanol–water partition coefficient (Wildman–Crippen LogP) is 3.94. The second-order valence-electron chi connectivity index (χ2n) is 5.85. The second kappa shape index (κ2) is 7.13. The molecule has 0 aliphatic rings. The zero-order valence-electron chi connectivity index (χ0n) is 14.6. The smallest absolute Gasteiger partial charge is 0.262 e. The van der Waals surface area contributed by atoms with Gasteiger partial charge in [-0.3, -0.25) is 4.72 Å². The van der Waals surface area contributed by atoms with Gasteiger partial charge in [-0.2, -0.15) is 0 Å². The molecule has 0 atom stereocenters. The monoisotopic (exact) mass is 349 g/mol. The van der Waals surface area contributed by atoms with Gasteiger partial charge in [0.25, 0.3) is 10.0 Å². The van der Waals surface area contributed by atoms with Crippen LogP contribution >= 0.6 is 0 Å². The molecule has 5 nitrogen and oxygen atoms in total. The molecule has 0 spiro atoms. The molecule has 0 saturated carbocycles. The zero-order valence-corrected chi connectivity index (χ0v) is 15.4. The third-order valence-corrected chi connectivity index (χ3v) is 5.28. The summed E-state index contributed by atoms with van der Waals surface area (Å²) < 4.78 is 38.7. The van der Waals surface area contributed by atoms with E-state index in [0.29, 0.717) is 22.7 Å². The lowest BCUT2D eigenvalue weighted by molar-refractivity contribution is 0.406. The molecule has 2 aromatic carbocycles. The number of anilines is 1. The molecule has 0 fully saturated rings. The molecule has 0 heterocycles. The van der Waals surface area contributed by atoms with E-state index in [0.717, 1.165) is 5.56 Å². The summed E-state index contributed by atoms with van der Waals surface area (Å²) in [6, 6.07) is 10.3. The summed E-state index contributed by atoms with van der Waals surface area (Å²) in [6.45, 7) is 5.75. The minimum Gasteiger partial charge on any atom is -0.497 e. The third kappa shape index (κ3) is 3.82. The van der Waals surface area contributed by atoms with Gasteiger partial charge in [0.1, 0.15) is 11.5 Å². The number of ether oxygens (including phenoxy) is 2. The highest BCUT2D eigenvalue weighted by Crippen LogP contribution is 2.32. The molecule has 0 aliphatic carbocycles. The Morgan fingerprint density at radius 2 is 1.75 bits per heavy atom. The number of nitrogens with one attached hydrogen (secondary N) is 1. The van der Waals surface area contributed by atoms with Crippen LogP contribution in [-0.4, -0.2) is 22.6 Å². The van der Waals surface area contributed by atoms with Gasteiger partial charge in [-0.25, -0.2) is 8.42 Å². The third-order valence-electron chi connectivity index (χ3n) is 3.76. The van der Waals surface area contributed by atoms with E-state index in [2.05, 4.69) is 4.72 Å². The molecule has 130 valence electrons. The van der Waals surface area contributed by atoms with Crippen LogP contribution in [0.15, 0.2) is 41.3 Å². The number of hydrogen-bond acceptors (Lipinski definition) is 4. The number of rotatable bonds is 6. The van der Waals surface area contributed by atoms with Crippen LogP contribution in [0.3, 0.4) is 0 Å². The van der Waals surface area contributed by atoms with Crippen LogP contribution in [0.1, 0.15) is 30.9 Å². The normalized spacial score (nSPS) is 11.4. The van der Waals surface area contributed by atoms with Gasteiger partial charge in [0.2, 0.25) is 0 Å². The number of benzene rings is 2. The Balaban J connectivity index is 2.46. The largest absolute Gasteiger partial charge is 0.497 e. The summed E-state index contributed by atoms with van der Waals surface area (Å²) in [5, 5.41) is 0. The first-order valence-corrected chi connectivity index (χ1v) is 9.12. The van der Waals surface area contributed by atoms with Crippen molar-refractivity contribution in [3.05, 3.63) is 47.5 Å². The fourth-order valence-corrected chi connectivity index (χ4v) is 3.80. The Bertz CT molecular complexity index is 829. The van der Waals surface area contributed by atoms with Crippen molar-refractivity contribution >= 4 is 15.7 Å². The molecule has 0 aromatic heterocycles. The Morgan fingerprint density at radius 1 is 1.04 bits per heavy atom. The van der Waals surface area contributed by atoms with Crippen molar-refractivity contribution in [3.8, 4) is 11.5 Å². The van der Waals surface area contributed by atoms with Gasteiger partial charge < -0.3 is 9.47 Å². The van der Waals surface area contributed by atoms with Crippen LogP contribution in [0, 0.1) is 6.92 Å². The van der Waals surface area contributed by atoms with E-state index in [4.69, 9.17) is 9.47 Å². The molecule has 0 unspecified atom stereocenters. The second-order valence-corrected chi connectivity index (χ2v) is 7.50. The van der Waals surface area contributed by atoms with E-state index in [1.165, 1.54) is 7.11 Å². The molecule has 0 amide bonds. The van der Waals surface area contributed by atoms with Crippen LogP contribution in [0.25, 0.3) is 0 Å². The molecule has 0 aliphatic heterocycles. The fourth-order valence-electron chi connectivity index (χ4n) is 2.49. The Morgan fingerprint density at radius 3 is 2.33 bits per heavy atom. The molecular weight excluding hydrogens is 326 g/mol. The van der Waals surface area contributed by atoms with E-state index in [-0.39, 0.29) is 10.8 Å². The van der Waals surface area contributed by atoms with E-state index < -0.39 is 10.0 Å². The Kier molecular flexibility index (Phi) is 5.39. The molecule has 2 rings (SSSR count). The van der Waals surface area contributed by atoms with E-state index >= 15 is 0 Å². The van der Waals surface area contributed by atoms with Crippen LogP contribution < -0.4 is 14.2 Å². The first kappa shape index (κ1) is 18.1. The van der Waals surface area contributed by atoms with Crippen LogP contribution in [-0.2, 0) is 10.0 Å². The predicted molar refractivity (Wildman–Crippen MR) is 95.6 cm³/mol. The minimum absolute atomic E-state index is 0.145. The number of methoxy groups -OCH3 is 2. The van der Waals surface area contributed by atoms with Gasteiger partial charge in [-0.05, 0) is 48.2 Å². The van der Waals surface area contributed by atoms with Gasteiger partial charge in [0.05, 0.1) is 24.8 Å². The SMILES string of the molecule is COc1cccc(NS(=O)(=O)c2cc(C(C)C)c(OC)cc2C)c1. The van der Waals surface area contributed by atoms with Crippen molar-refractivity contribution in [1.29, 1.82) is 0 Å². The molecule has 6 heteroatoms. The highest BCUT2D eigenvalue weighted by atomic mass is 32.2. The summed E-state index contributed by atoms with van der Waals surface area (Å²) in [7, 11) is -0.587. The van der Waals surface area contributed by atoms with Gasteiger partial charge in [0, 0.05) is 6.07 Å². The van der Waals surface area contributed by atoms with Crippen molar-refractivity contribution in [2.75, 3.05) is 18.9 Å². The average molecular weight is 349 g/mol. The lowest BCUT2D eigenvalue weighted by Gasteiger charge is -2.17. The maximum Gasteiger partial charge on any atom is 0.262 e. The molecule has 0 bridgehead atoms. The quantitative estimate of drug-likeness (QED) is 0.858. The summed E-state index contributed by atoms with van der Waals surface area (Å²) in [5.41, 5.74) is 1.94. The lowest BCUT2D eigenvalue weighted by atomic mass is 10.0. The van der Waals surface area contributed by atoms with Crippen LogP contribution in [0.4, 0.5) is 5.69 Å². The van der Waals surface area contributed by atoms with Crippen molar-refractivity contribution in [2.45, 2.75) is 31.6 Å². The summed E-state index contributed by atoms with van der Waals surface area (Å²) in [6.07, 6.45) is 0. The highest BCUT2D eigenvalue weighted by Gasteiger charge is 2.21. The topological polar surface area (TPSA) is 64.6 Å². The summed E-state index contributed by atoms with van der Waals surface area (Å²) >= 11 is 0. The highest BCUT2D eigenvalue weighted by molar-refractivity contribution is 7.92. The van der Waals surface area contributed by atoms with E-state index in [1.54, 1.807) is 50.4 Å². The Labute approximate surface area is 143 Å². The van der Waals surface area contributed by atoms with Crippen molar-refractivity contribution in [3.63, 3.8) is 0 Å². The standard InChI is InChI=1S/C18H23NO4S/c1-12(2)16-11-18(13(3)9-17(16)23-5)24(20,21)19-14-7-6-8-15(10-14)22-4/h6-12,19H,1-5H3. The maximum atomic E-state index is 12.8. The number of sulfonamides is 1. The molecule has 1 N–H and O–H groups in total. The first-order chi connectivity index (χ1) is 11.3. The molecule has 2 aromatic rings. The fraction of sp³-hybridized carbons (Fsp3) is 0.333. The summed E-state index contributed by atoms with van der Waals surface area (Å²) in [4.78, 5) is 0.245. The lowest BCUT2D eigenvalue weighted by Crippen LogP contribution is -2.15. The number of aryl methyl sites for hydroxylation is 1. The van der Waals surface area contributed by atoms with E-state index in [9.17, 15) is 8.42 Å². The van der Waals surface area contributed by atoms with Gasteiger partial charge >= 0.3 is 0 Å². The molecule has 24 heavy (non-hydrogen) atoms. The zero-order chi connectivity index (χ0) is 17.9. The van der Waals surface area contributed by atoms with Crippen LogP contribution in [0.2, 0.25) is 0 Å². The van der Waals surface area contributed by atoms with E-state index in [1.807, 2.05) is 13.8 Å². The molecule has 0 radical (unpaired) electrons. The molecule has 0 saturated heterocycles. The number of hydrogen-bond donors (Lipinski definition) is 1. The van der Waals surface area contributed by atoms with Crippen molar-refractivity contribution in [2.24, 2.45) is 0 Å². The van der Waals surface area contributed by atoms with Gasteiger partial charge in [-0.1, -0.05) is 19.9 Å².